The lowest BCUT2D eigenvalue weighted by Gasteiger charge is -2.18. The van der Waals surface area contributed by atoms with E-state index in [2.05, 4.69) is 11.4 Å². The predicted octanol–water partition coefficient (Wildman–Crippen LogP) is 4.12. The molecule has 1 unspecified atom stereocenters. The van der Waals surface area contributed by atoms with Crippen molar-refractivity contribution in [3.05, 3.63) is 65.0 Å². The Morgan fingerprint density at radius 2 is 1.68 bits per heavy atom. The third-order valence-corrected chi connectivity index (χ3v) is 3.13. The maximum Gasteiger partial charge on any atom is 0.146 e. The molecule has 0 amide bonds. The van der Waals surface area contributed by atoms with E-state index in [4.69, 9.17) is 0 Å². The van der Waals surface area contributed by atoms with Crippen molar-refractivity contribution < 1.29 is 4.39 Å². The van der Waals surface area contributed by atoms with Crippen LogP contribution in [0.15, 0.2) is 42.5 Å². The molecule has 2 aromatic carbocycles. The minimum Gasteiger partial charge on any atom is -0.364 e. The SMILES string of the molecule is Cc1cccc(C)c1C(C#N)Nc1ccccc1F. The van der Waals surface area contributed by atoms with Gasteiger partial charge >= 0.3 is 0 Å². The van der Waals surface area contributed by atoms with E-state index in [0.717, 1.165) is 16.7 Å². The van der Waals surface area contributed by atoms with Crippen molar-refractivity contribution >= 4 is 5.69 Å². The topological polar surface area (TPSA) is 35.8 Å². The van der Waals surface area contributed by atoms with Crippen LogP contribution in [0, 0.1) is 31.0 Å². The minimum absolute atomic E-state index is 0.344. The normalized spacial score (nSPS) is 11.7. The second kappa shape index (κ2) is 5.53. The first-order valence-corrected chi connectivity index (χ1v) is 6.10. The Bertz CT molecular complexity index is 609. The van der Waals surface area contributed by atoms with Crippen LogP contribution in [0.25, 0.3) is 0 Å². The van der Waals surface area contributed by atoms with Crippen molar-refractivity contribution in [2.24, 2.45) is 0 Å². The molecule has 96 valence electrons. The molecule has 0 aromatic heterocycles. The molecule has 0 fully saturated rings. The first-order chi connectivity index (χ1) is 9.13. The summed E-state index contributed by atoms with van der Waals surface area (Å²) in [5, 5.41) is 12.3. The van der Waals surface area contributed by atoms with Gasteiger partial charge in [0.1, 0.15) is 11.9 Å². The molecule has 1 N–H and O–H groups in total. The number of nitrogens with one attached hydrogen (secondary N) is 1. The Balaban J connectivity index is 2.37. The fraction of sp³-hybridized carbons (Fsp3) is 0.188. The van der Waals surface area contributed by atoms with Gasteiger partial charge in [-0.2, -0.15) is 5.26 Å². The largest absolute Gasteiger partial charge is 0.364 e. The average Bonchev–Trinajstić information content (AvgIpc) is 2.39. The molecule has 0 aliphatic rings. The van der Waals surface area contributed by atoms with Crippen LogP contribution in [0.1, 0.15) is 22.7 Å². The van der Waals surface area contributed by atoms with Crippen LogP contribution in [0.4, 0.5) is 10.1 Å². The maximum atomic E-state index is 13.6. The monoisotopic (exact) mass is 254 g/mol. The van der Waals surface area contributed by atoms with Crippen LogP contribution in [0.3, 0.4) is 0 Å². The van der Waals surface area contributed by atoms with Gasteiger partial charge in [0.2, 0.25) is 0 Å². The molecule has 2 aromatic rings. The van der Waals surface area contributed by atoms with Crippen LogP contribution in [0.5, 0.6) is 0 Å². The van der Waals surface area contributed by atoms with E-state index < -0.39 is 6.04 Å². The summed E-state index contributed by atoms with van der Waals surface area (Å²) in [6.45, 7) is 3.91. The molecule has 0 aliphatic carbocycles. The standard InChI is InChI=1S/C16H15FN2/c1-11-6-5-7-12(2)16(11)15(10-18)19-14-9-4-3-8-13(14)17/h3-9,15,19H,1-2H3. The molecule has 2 rings (SSSR count). The van der Waals surface area contributed by atoms with Gasteiger partial charge < -0.3 is 5.32 Å². The minimum atomic E-state index is -0.557. The summed E-state index contributed by atoms with van der Waals surface area (Å²) in [7, 11) is 0. The molecule has 0 saturated carbocycles. The molecule has 1 atom stereocenters. The first-order valence-electron chi connectivity index (χ1n) is 6.10. The highest BCUT2D eigenvalue weighted by atomic mass is 19.1. The van der Waals surface area contributed by atoms with E-state index >= 15 is 0 Å². The van der Waals surface area contributed by atoms with Crippen molar-refractivity contribution in [3.8, 4) is 6.07 Å². The fourth-order valence-corrected chi connectivity index (χ4v) is 2.19. The van der Waals surface area contributed by atoms with Gasteiger partial charge in [0.05, 0.1) is 11.8 Å². The molecule has 0 heterocycles. The van der Waals surface area contributed by atoms with Crippen molar-refractivity contribution in [1.82, 2.24) is 0 Å². The number of benzene rings is 2. The second-order valence-corrected chi connectivity index (χ2v) is 4.49. The van der Waals surface area contributed by atoms with E-state index in [-0.39, 0.29) is 5.82 Å². The fourth-order valence-electron chi connectivity index (χ4n) is 2.19. The van der Waals surface area contributed by atoms with Crippen LogP contribution in [-0.2, 0) is 0 Å². The molecule has 0 radical (unpaired) electrons. The van der Waals surface area contributed by atoms with Crippen LogP contribution in [-0.4, -0.2) is 0 Å². The Hall–Kier alpha value is -2.34. The molecular weight excluding hydrogens is 239 g/mol. The third-order valence-electron chi connectivity index (χ3n) is 3.13. The van der Waals surface area contributed by atoms with Gasteiger partial charge in [0, 0.05) is 0 Å². The summed E-state index contributed by atoms with van der Waals surface area (Å²) < 4.78 is 13.6. The van der Waals surface area contributed by atoms with Gasteiger partial charge in [-0.3, -0.25) is 0 Å². The Morgan fingerprint density at radius 3 is 2.26 bits per heavy atom. The van der Waals surface area contributed by atoms with E-state index in [1.807, 2.05) is 32.0 Å². The van der Waals surface area contributed by atoms with Crippen molar-refractivity contribution in [1.29, 1.82) is 5.26 Å². The second-order valence-electron chi connectivity index (χ2n) is 4.49. The quantitative estimate of drug-likeness (QED) is 0.894. The average molecular weight is 254 g/mol. The number of hydrogen-bond donors (Lipinski definition) is 1. The zero-order valence-corrected chi connectivity index (χ0v) is 10.9. The zero-order valence-electron chi connectivity index (χ0n) is 10.9. The van der Waals surface area contributed by atoms with E-state index in [1.54, 1.807) is 18.2 Å². The van der Waals surface area contributed by atoms with E-state index in [9.17, 15) is 9.65 Å². The lowest BCUT2D eigenvalue weighted by atomic mass is 9.96. The van der Waals surface area contributed by atoms with Crippen molar-refractivity contribution in [2.75, 3.05) is 5.32 Å². The van der Waals surface area contributed by atoms with Gasteiger partial charge in [0.25, 0.3) is 0 Å². The van der Waals surface area contributed by atoms with Crippen molar-refractivity contribution in [2.45, 2.75) is 19.9 Å². The number of aryl methyl sites for hydroxylation is 2. The molecule has 0 spiro atoms. The highest BCUT2D eigenvalue weighted by molar-refractivity contribution is 5.51. The smallest absolute Gasteiger partial charge is 0.146 e. The van der Waals surface area contributed by atoms with Crippen LogP contribution in [0.2, 0.25) is 0 Å². The van der Waals surface area contributed by atoms with Gasteiger partial charge in [-0.1, -0.05) is 30.3 Å². The summed E-state index contributed by atoms with van der Waals surface area (Å²) >= 11 is 0. The van der Waals surface area contributed by atoms with Gasteiger partial charge in [-0.25, -0.2) is 4.39 Å². The first kappa shape index (κ1) is 13.1. The van der Waals surface area contributed by atoms with Gasteiger partial charge in [-0.05, 0) is 42.7 Å². The number of nitriles is 1. The zero-order chi connectivity index (χ0) is 13.8. The number of halogens is 1. The van der Waals surface area contributed by atoms with Crippen LogP contribution < -0.4 is 5.32 Å². The number of hydrogen-bond acceptors (Lipinski definition) is 2. The number of anilines is 1. The van der Waals surface area contributed by atoms with E-state index in [1.165, 1.54) is 6.07 Å². The number of rotatable bonds is 3. The Morgan fingerprint density at radius 1 is 1.05 bits per heavy atom. The molecule has 3 heteroatoms. The molecular formula is C16H15FN2. The molecule has 0 bridgehead atoms. The summed E-state index contributed by atoms with van der Waals surface area (Å²) in [6.07, 6.45) is 0. The molecule has 0 saturated heterocycles. The molecule has 19 heavy (non-hydrogen) atoms. The third kappa shape index (κ3) is 2.74. The van der Waals surface area contributed by atoms with Crippen LogP contribution >= 0.6 is 0 Å². The Labute approximate surface area is 112 Å². The lowest BCUT2D eigenvalue weighted by Crippen LogP contribution is -2.12. The molecule has 2 nitrogen and oxygen atoms in total. The Kier molecular flexibility index (Phi) is 3.82. The molecule has 0 aliphatic heterocycles. The van der Waals surface area contributed by atoms with Gasteiger partial charge in [-0.15, -0.1) is 0 Å². The summed E-state index contributed by atoms with van der Waals surface area (Å²) in [6, 6.07) is 13.9. The van der Waals surface area contributed by atoms with E-state index in [0.29, 0.717) is 5.69 Å². The van der Waals surface area contributed by atoms with Crippen molar-refractivity contribution in [3.63, 3.8) is 0 Å². The highest BCUT2D eigenvalue weighted by Crippen LogP contribution is 2.26. The highest BCUT2D eigenvalue weighted by Gasteiger charge is 2.16. The summed E-state index contributed by atoms with van der Waals surface area (Å²) in [5.41, 5.74) is 3.30. The van der Waals surface area contributed by atoms with Gasteiger partial charge in [0.15, 0.2) is 0 Å². The maximum absolute atomic E-state index is 13.6. The summed E-state index contributed by atoms with van der Waals surface area (Å²) in [4.78, 5) is 0. The summed E-state index contributed by atoms with van der Waals surface area (Å²) in [5.74, 6) is -0.353. The number of nitrogens with zero attached hydrogens (tertiary/aromatic N) is 1. The number of para-hydroxylation sites is 1. The lowest BCUT2D eigenvalue weighted by molar-refractivity contribution is 0.629. The predicted molar refractivity (Wildman–Crippen MR) is 74.3 cm³/mol.